The van der Waals surface area contributed by atoms with E-state index in [4.69, 9.17) is 34.8 Å². The van der Waals surface area contributed by atoms with Crippen LogP contribution >= 0.6 is 34.8 Å². The molecule has 1 atom stereocenters. The number of rotatable bonds is 3. The van der Waals surface area contributed by atoms with Gasteiger partial charge in [0, 0.05) is 15.6 Å². The highest BCUT2D eigenvalue weighted by atomic mass is 35.5. The van der Waals surface area contributed by atoms with Gasteiger partial charge in [0.1, 0.15) is 5.38 Å². The van der Waals surface area contributed by atoms with Crippen LogP contribution in [0.4, 0.5) is 0 Å². The van der Waals surface area contributed by atoms with Crippen LogP contribution in [0.3, 0.4) is 0 Å². The van der Waals surface area contributed by atoms with E-state index in [0.717, 1.165) is 0 Å². The lowest BCUT2D eigenvalue weighted by atomic mass is 10.0. The average molecular weight is 300 g/mol. The second-order valence-corrected chi connectivity index (χ2v) is 5.04. The molecule has 0 saturated heterocycles. The lowest BCUT2D eigenvalue weighted by molar-refractivity contribution is 0.0987. The summed E-state index contributed by atoms with van der Waals surface area (Å²) >= 11 is 18.0. The number of benzene rings is 2. The molecule has 0 aliphatic carbocycles. The van der Waals surface area contributed by atoms with Gasteiger partial charge in [0.05, 0.1) is 0 Å². The minimum Gasteiger partial charge on any atom is -0.292 e. The number of hydrogen-bond acceptors (Lipinski definition) is 1. The molecule has 0 spiro atoms. The molecule has 4 heteroatoms. The first kappa shape index (κ1) is 13.4. The molecule has 0 fully saturated rings. The van der Waals surface area contributed by atoms with Gasteiger partial charge >= 0.3 is 0 Å². The molecule has 0 bridgehead atoms. The zero-order chi connectivity index (χ0) is 13.1. The van der Waals surface area contributed by atoms with Gasteiger partial charge in [-0.1, -0.05) is 41.4 Å². The molecule has 18 heavy (non-hydrogen) atoms. The van der Waals surface area contributed by atoms with Gasteiger partial charge in [-0.15, -0.1) is 11.6 Å². The third-order valence-electron chi connectivity index (χ3n) is 2.54. The molecule has 0 N–H and O–H groups in total. The smallest absolute Gasteiger partial charge is 0.185 e. The number of Topliss-reactive ketones (excluding diaryl/α,β-unsaturated/α-hetero) is 1. The number of carbonyl (C=O) groups excluding carboxylic acids is 1. The summed E-state index contributed by atoms with van der Waals surface area (Å²) in [6, 6.07) is 13.7. The predicted octanol–water partition coefficient (Wildman–Crippen LogP) is 5.16. The van der Waals surface area contributed by atoms with Crippen molar-refractivity contribution in [3.63, 3.8) is 0 Å². The summed E-state index contributed by atoms with van der Waals surface area (Å²) in [6.07, 6.45) is 0. The summed E-state index contributed by atoms with van der Waals surface area (Å²) in [4.78, 5) is 12.2. The summed E-state index contributed by atoms with van der Waals surface area (Å²) in [7, 11) is 0. The number of ketones is 1. The molecular weight excluding hydrogens is 291 g/mol. The largest absolute Gasteiger partial charge is 0.292 e. The Morgan fingerprint density at radius 1 is 0.944 bits per heavy atom. The van der Waals surface area contributed by atoms with Crippen LogP contribution in [0.1, 0.15) is 21.3 Å². The molecule has 0 amide bonds. The first-order chi connectivity index (χ1) is 8.59. The van der Waals surface area contributed by atoms with E-state index in [-0.39, 0.29) is 5.78 Å². The lowest BCUT2D eigenvalue weighted by Gasteiger charge is -2.10. The minimum absolute atomic E-state index is 0.193. The fourth-order valence-corrected chi connectivity index (χ4v) is 2.33. The predicted molar refractivity (Wildman–Crippen MR) is 75.8 cm³/mol. The van der Waals surface area contributed by atoms with Gasteiger partial charge in [-0.2, -0.15) is 0 Å². The topological polar surface area (TPSA) is 17.1 Å². The summed E-state index contributed by atoms with van der Waals surface area (Å²) < 4.78 is 0. The molecule has 0 radical (unpaired) electrons. The van der Waals surface area contributed by atoms with Gasteiger partial charge in [0.25, 0.3) is 0 Å². The average Bonchev–Trinajstić information content (AvgIpc) is 2.38. The lowest BCUT2D eigenvalue weighted by Crippen LogP contribution is -2.07. The molecule has 0 aliphatic rings. The molecule has 2 aromatic rings. The van der Waals surface area contributed by atoms with Gasteiger partial charge in [-0.3, -0.25) is 4.79 Å². The Bertz CT molecular complexity index is 564. The molecule has 92 valence electrons. The molecule has 0 heterocycles. The summed E-state index contributed by atoms with van der Waals surface area (Å²) in [5.41, 5.74) is 1.13. The Balaban J connectivity index is 2.29. The molecule has 1 unspecified atom stereocenters. The maximum atomic E-state index is 12.2. The maximum absolute atomic E-state index is 12.2. The van der Waals surface area contributed by atoms with Crippen LogP contribution in [0, 0.1) is 0 Å². The van der Waals surface area contributed by atoms with Gasteiger partial charge in [0.2, 0.25) is 0 Å². The van der Waals surface area contributed by atoms with Crippen LogP contribution < -0.4 is 0 Å². The monoisotopic (exact) mass is 298 g/mol. The second kappa shape index (κ2) is 5.75. The Hall–Kier alpha value is -1.02. The van der Waals surface area contributed by atoms with E-state index in [0.29, 0.717) is 21.2 Å². The molecular formula is C14H9Cl3O. The van der Waals surface area contributed by atoms with Gasteiger partial charge in [-0.25, -0.2) is 0 Å². The van der Waals surface area contributed by atoms with E-state index in [1.54, 1.807) is 48.5 Å². The fourth-order valence-electron chi connectivity index (χ4n) is 1.58. The minimum atomic E-state index is -0.792. The Morgan fingerprint density at radius 2 is 1.56 bits per heavy atom. The molecule has 0 aromatic heterocycles. The molecule has 0 saturated carbocycles. The number of hydrogen-bond donors (Lipinski definition) is 0. The zero-order valence-corrected chi connectivity index (χ0v) is 11.5. The van der Waals surface area contributed by atoms with Gasteiger partial charge < -0.3 is 0 Å². The Labute approximate surface area is 120 Å². The van der Waals surface area contributed by atoms with E-state index in [9.17, 15) is 4.79 Å². The van der Waals surface area contributed by atoms with Crippen molar-refractivity contribution in [3.05, 3.63) is 69.7 Å². The van der Waals surface area contributed by atoms with Crippen molar-refractivity contribution < 1.29 is 4.79 Å². The molecule has 1 nitrogen and oxygen atoms in total. The van der Waals surface area contributed by atoms with Crippen LogP contribution in [-0.4, -0.2) is 5.78 Å². The van der Waals surface area contributed by atoms with Crippen LogP contribution in [0.5, 0.6) is 0 Å². The molecule has 2 rings (SSSR count). The fraction of sp³-hybridized carbons (Fsp3) is 0.0714. The van der Waals surface area contributed by atoms with E-state index < -0.39 is 5.38 Å². The van der Waals surface area contributed by atoms with E-state index in [2.05, 4.69) is 0 Å². The highest BCUT2D eigenvalue weighted by Gasteiger charge is 2.21. The quantitative estimate of drug-likeness (QED) is 0.565. The molecule has 2 aromatic carbocycles. The number of carbonyl (C=O) groups is 1. The Morgan fingerprint density at radius 3 is 2.17 bits per heavy atom. The van der Waals surface area contributed by atoms with Crippen molar-refractivity contribution in [1.82, 2.24) is 0 Å². The standard InChI is InChI=1S/C14H9Cl3O/c15-10-7-5-9(6-8-10)14(18)13(17)11-3-1-2-4-12(11)16/h1-8,13H. The van der Waals surface area contributed by atoms with Crippen molar-refractivity contribution >= 4 is 40.6 Å². The third kappa shape index (κ3) is 2.86. The Kier molecular flexibility index (Phi) is 4.28. The molecule has 0 aliphatic heterocycles. The highest BCUT2D eigenvalue weighted by Crippen LogP contribution is 2.30. The van der Waals surface area contributed by atoms with E-state index >= 15 is 0 Å². The first-order valence-electron chi connectivity index (χ1n) is 5.28. The van der Waals surface area contributed by atoms with Gasteiger partial charge in [-0.05, 0) is 35.9 Å². The van der Waals surface area contributed by atoms with Crippen molar-refractivity contribution in [1.29, 1.82) is 0 Å². The van der Waals surface area contributed by atoms with Crippen molar-refractivity contribution in [2.45, 2.75) is 5.38 Å². The highest BCUT2D eigenvalue weighted by molar-refractivity contribution is 6.37. The van der Waals surface area contributed by atoms with Crippen molar-refractivity contribution in [2.75, 3.05) is 0 Å². The summed E-state index contributed by atoms with van der Waals surface area (Å²) in [5, 5.41) is 0.273. The third-order valence-corrected chi connectivity index (χ3v) is 3.57. The van der Waals surface area contributed by atoms with Crippen LogP contribution in [-0.2, 0) is 0 Å². The number of alkyl halides is 1. The second-order valence-electron chi connectivity index (χ2n) is 3.76. The number of halogens is 3. The van der Waals surface area contributed by atoms with Crippen molar-refractivity contribution in [2.24, 2.45) is 0 Å². The van der Waals surface area contributed by atoms with Crippen LogP contribution in [0.25, 0.3) is 0 Å². The SMILES string of the molecule is O=C(c1ccc(Cl)cc1)C(Cl)c1ccccc1Cl. The van der Waals surface area contributed by atoms with Crippen molar-refractivity contribution in [3.8, 4) is 0 Å². The van der Waals surface area contributed by atoms with E-state index in [1.807, 2.05) is 0 Å². The summed E-state index contributed by atoms with van der Waals surface area (Å²) in [6.45, 7) is 0. The van der Waals surface area contributed by atoms with E-state index in [1.165, 1.54) is 0 Å². The zero-order valence-electron chi connectivity index (χ0n) is 9.24. The first-order valence-corrected chi connectivity index (χ1v) is 6.47. The normalized spacial score (nSPS) is 12.2. The van der Waals surface area contributed by atoms with Crippen LogP contribution in [0.15, 0.2) is 48.5 Å². The van der Waals surface area contributed by atoms with Gasteiger partial charge in [0.15, 0.2) is 5.78 Å². The van der Waals surface area contributed by atoms with Crippen LogP contribution in [0.2, 0.25) is 10.0 Å². The maximum Gasteiger partial charge on any atom is 0.185 e. The summed E-state index contributed by atoms with van der Waals surface area (Å²) in [5.74, 6) is -0.193.